The minimum atomic E-state index is -0.248. The lowest BCUT2D eigenvalue weighted by atomic mass is 9.96. The van der Waals surface area contributed by atoms with Gasteiger partial charge in [-0.3, -0.25) is 9.08 Å². The normalized spacial score (nSPS) is 17.2. The molecule has 0 radical (unpaired) electrons. The molecule has 0 saturated heterocycles. The number of pyridine rings is 1. The van der Waals surface area contributed by atoms with Crippen LogP contribution in [0.2, 0.25) is 0 Å². The maximum atomic E-state index is 14.7. The molecule has 9 heteroatoms. The summed E-state index contributed by atoms with van der Waals surface area (Å²) >= 11 is 0. The lowest BCUT2D eigenvalue weighted by Gasteiger charge is -2.17. The number of nitrogens with zero attached hydrogens (tertiary/aromatic N) is 5. The van der Waals surface area contributed by atoms with Gasteiger partial charge in [0.1, 0.15) is 17.9 Å². The van der Waals surface area contributed by atoms with Gasteiger partial charge in [0.2, 0.25) is 0 Å². The number of hydrogen-bond acceptors (Lipinski definition) is 6. The number of benzene rings is 1. The van der Waals surface area contributed by atoms with Gasteiger partial charge in [-0.05, 0) is 38.1 Å². The Hall–Kier alpha value is -3.62. The zero-order chi connectivity index (χ0) is 21.1. The zero-order valence-corrected chi connectivity index (χ0v) is 17.2. The van der Waals surface area contributed by atoms with Crippen LogP contribution in [-0.4, -0.2) is 37.6 Å². The SMILES string of the molecule is CC(C)n1nccc1-c1cc2c(n3cnnc13)NCc1c(F)ccc3c1[C@H](CO3)CO2. The second-order valence-corrected chi connectivity index (χ2v) is 8.16. The van der Waals surface area contributed by atoms with Gasteiger partial charge in [0.25, 0.3) is 0 Å². The Morgan fingerprint density at radius 3 is 2.84 bits per heavy atom. The Balaban J connectivity index is 1.52. The fourth-order valence-electron chi connectivity index (χ4n) is 4.51. The molecule has 0 amide bonds. The highest BCUT2D eigenvalue weighted by molar-refractivity contribution is 5.80. The minimum absolute atomic E-state index is 0.0327. The fourth-order valence-corrected chi connectivity index (χ4v) is 4.51. The number of rotatable bonds is 2. The highest BCUT2D eigenvalue weighted by Gasteiger charge is 2.31. The minimum Gasteiger partial charge on any atom is -0.493 e. The molecule has 31 heavy (non-hydrogen) atoms. The zero-order valence-electron chi connectivity index (χ0n) is 17.2. The second-order valence-electron chi connectivity index (χ2n) is 8.16. The summed E-state index contributed by atoms with van der Waals surface area (Å²) < 4.78 is 30.6. The van der Waals surface area contributed by atoms with E-state index in [9.17, 15) is 4.39 Å². The van der Waals surface area contributed by atoms with E-state index in [4.69, 9.17) is 9.47 Å². The van der Waals surface area contributed by atoms with E-state index in [0.717, 1.165) is 22.6 Å². The van der Waals surface area contributed by atoms with Crippen molar-refractivity contribution < 1.29 is 13.9 Å². The molecule has 0 bridgehead atoms. The van der Waals surface area contributed by atoms with Crippen LogP contribution in [0, 0.1) is 5.82 Å². The summed E-state index contributed by atoms with van der Waals surface area (Å²) in [4.78, 5) is 0. The number of aromatic nitrogens is 5. The number of halogens is 1. The van der Waals surface area contributed by atoms with Gasteiger partial charge in [-0.1, -0.05) is 0 Å². The number of hydrogen-bond donors (Lipinski definition) is 1. The van der Waals surface area contributed by atoms with Crippen LogP contribution in [0.3, 0.4) is 0 Å². The monoisotopic (exact) mass is 420 g/mol. The molecular formula is C22H21FN6O2. The van der Waals surface area contributed by atoms with Crippen molar-refractivity contribution in [3.63, 3.8) is 0 Å². The van der Waals surface area contributed by atoms with Crippen molar-refractivity contribution in [2.45, 2.75) is 32.4 Å². The Morgan fingerprint density at radius 2 is 2.00 bits per heavy atom. The van der Waals surface area contributed by atoms with E-state index in [1.54, 1.807) is 18.6 Å². The lowest BCUT2D eigenvalue weighted by molar-refractivity contribution is 0.249. The van der Waals surface area contributed by atoms with Crippen molar-refractivity contribution in [3.05, 3.63) is 53.7 Å². The first-order valence-electron chi connectivity index (χ1n) is 10.3. The van der Waals surface area contributed by atoms with Crippen LogP contribution in [-0.2, 0) is 6.54 Å². The van der Waals surface area contributed by atoms with Crippen molar-refractivity contribution in [2.24, 2.45) is 0 Å². The third-order valence-corrected chi connectivity index (χ3v) is 5.95. The van der Waals surface area contributed by atoms with Gasteiger partial charge >= 0.3 is 0 Å². The Bertz CT molecular complexity index is 1310. The molecule has 1 N–H and O–H groups in total. The van der Waals surface area contributed by atoms with Crippen molar-refractivity contribution in [2.75, 3.05) is 18.5 Å². The fraction of sp³-hybridized carbons (Fsp3) is 0.318. The molecular weight excluding hydrogens is 399 g/mol. The third-order valence-electron chi connectivity index (χ3n) is 5.95. The van der Waals surface area contributed by atoms with Gasteiger partial charge in [-0.15, -0.1) is 10.2 Å². The first kappa shape index (κ1) is 18.2. The highest BCUT2D eigenvalue weighted by Crippen LogP contribution is 2.42. The Kier molecular flexibility index (Phi) is 3.92. The van der Waals surface area contributed by atoms with Crippen molar-refractivity contribution >= 4 is 11.5 Å². The summed E-state index contributed by atoms with van der Waals surface area (Å²) in [5.41, 5.74) is 3.98. The standard InChI is InChI=1S/C22H21FN6O2/c1-12(2)29-17(5-6-26-29)14-7-19-22(28-11-25-27-21(14)28)24-8-15-16(23)3-4-18-20(15)13(9-30-18)10-31-19/h3-7,11-13,24H,8-10H2,1-2H3/t13-/m1/s1. The molecule has 158 valence electrons. The van der Waals surface area contributed by atoms with E-state index in [2.05, 4.69) is 34.5 Å². The Morgan fingerprint density at radius 1 is 1.16 bits per heavy atom. The van der Waals surface area contributed by atoms with Crippen molar-refractivity contribution in [1.82, 2.24) is 24.4 Å². The van der Waals surface area contributed by atoms with Gasteiger partial charge in [-0.2, -0.15) is 5.10 Å². The first-order chi connectivity index (χ1) is 15.1. The molecule has 0 spiro atoms. The average molecular weight is 420 g/mol. The van der Waals surface area contributed by atoms with Gasteiger partial charge in [0.05, 0.1) is 24.8 Å². The van der Waals surface area contributed by atoms with Crippen molar-refractivity contribution in [3.8, 4) is 22.8 Å². The smallest absolute Gasteiger partial charge is 0.171 e. The number of fused-ring (bicyclic) bond motifs is 3. The van der Waals surface area contributed by atoms with Crippen LogP contribution >= 0.6 is 0 Å². The molecule has 3 aromatic heterocycles. The van der Waals surface area contributed by atoms with Gasteiger partial charge in [0.15, 0.2) is 17.2 Å². The quantitative estimate of drug-likeness (QED) is 0.532. The molecule has 0 unspecified atom stereocenters. The van der Waals surface area contributed by atoms with Gasteiger partial charge < -0.3 is 14.8 Å². The maximum absolute atomic E-state index is 14.7. The van der Waals surface area contributed by atoms with E-state index in [-0.39, 0.29) is 17.8 Å². The molecule has 2 aliphatic rings. The van der Waals surface area contributed by atoms with Gasteiger partial charge in [-0.25, -0.2) is 4.39 Å². The van der Waals surface area contributed by atoms with Crippen LogP contribution < -0.4 is 14.8 Å². The summed E-state index contributed by atoms with van der Waals surface area (Å²) in [5.74, 6) is 1.80. The van der Waals surface area contributed by atoms with Crippen LogP contribution in [0.25, 0.3) is 16.9 Å². The van der Waals surface area contributed by atoms with Crippen LogP contribution in [0.4, 0.5) is 10.2 Å². The van der Waals surface area contributed by atoms with Crippen LogP contribution in [0.5, 0.6) is 11.5 Å². The maximum Gasteiger partial charge on any atom is 0.171 e. The number of ether oxygens (including phenoxy) is 2. The number of nitrogens with one attached hydrogen (secondary N) is 1. The predicted octanol–water partition coefficient (Wildman–Crippen LogP) is 3.79. The molecule has 1 aromatic carbocycles. The molecule has 0 saturated carbocycles. The average Bonchev–Trinajstić information content (AvgIpc) is 3.50. The number of anilines is 1. The van der Waals surface area contributed by atoms with E-state index in [1.807, 2.05) is 21.2 Å². The molecule has 8 nitrogen and oxygen atoms in total. The molecule has 1 atom stereocenters. The van der Waals surface area contributed by atoms with E-state index < -0.39 is 0 Å². The van der Waals surface area contributed by atoms with Crippen molar-refractivity contribution in [1.29, 1.82) is 0 Å². The summed E-state index contributed by atoms with van der Waals surface area (Å²) in [7, 11) is 0. The van der Waals surface area contributed by atoms with Crippen LogP contribution in [0.15, 0.2) is 36.8 Å². The van der Waals surface area contributed by atoms with Gasteiger partial charge in [0, 0.05) is 35.5 Å². The summed E-state index contributed by atoms with van der Waals surface area (Å²) in [6, 6.07) is 7.26. The molecule has 0 aliphatic carbocycles. The summed E-state index contributed by atoms with van der Waals surface area (Å²) in [6.07, 6.45) is 3.42. The summed E-state index contributed by atoms with van der Waals surface area (Å²) in [6.45, 7) is 5.33. The largest absolute Gasteiger partial charge is 0.493 e. The molecule has 2 aliphatic heterocycles. The first-order valence-corrected chi connectivity index (χ1v) is 10.3. The van der Waals surface area contributed by atoms with E-state index >= 15 is 0 Å². The predicted molar refractivity (Wildman–Crippen MR) is 112 cm³/mol. The molecule has 6 rings (SSSR count). The highest BCUT2D eigenvalue weighted by atomic mass is 19.1. The van der Waals surface area contributed by atoms with E-state index in [0.29, 0.717) is 42.5 Å². The van der Waals surface area contributed by atoms with E-state index in [1.165, 1.54) is 6.07 Å². The Labute approximate surface area is 177 Å². The molecule has 0 fully saturated rings. The van der Waals surface area contributed by atoms with Crippen LogP contribution in [0.1, 0.15) is 36.9 Å². The summed E-state index contributed by atoms with van der Waals surface area (Å²) in [5, 5.41) is 16.3. The second kappa shape index (κ2) is 6.69. The lowest BCUT2D eigenvalue weighted by Crippen LogP contribution is -2.13. The topological polar surface area (TPSA) is 78.5 Å². The third kappa shape index (κ3) is 2.69. The molecule has 4 aromatic rings. The molecule has 5 heterocycles.